The van der Waals surface area contributed by atoms with Crippen LogP contribution < -0.4 is 9.64 Å². The van der Waals surface area contributed by atoms with Gasteiger partial charge in [0.2, 0.25) is 5.95 Å². The van der Waals surface area contributed by atoms with Crippen LogP contribution >= 0.6 is 0 Å². The number of imidazole rings is 1. The Bertz CT molecular complexity index is 1850. The highest BCUT2D eigenvalue weighted by molar-refractivity contribution is 6.04. The maximum atomic E-state index is 14.1. The Morgan fingerprint density at radius 3 is 2.51 bits per heavy atom. The highest BCUT2D eigenvalue weighted by Crippen LogP contribution is 2.44. The van der Waals surface area contributed by atoms with Gasteiger partial charge in [-0.15, -0.1) is 0 Å². The maximum absolute atomic E-state index is 14.1. The van der Waals surface area contributed by atoms with E-state index in [1.807, 2.05) is 36.3 Å². The molecule has 12 nitrogen and oxygen atoms in total. The Balaban J connectivity index is 1.25. The first kappa shape index (κ1) is 33.9. The third-order valence-electron chi connectivity index (χ3n) is 8.77. The molecule has 6 rings (SSSR count). The number of ketones is 1. The van der Waals surface area contributed by atoms with Crippen LogP contribution in [0.1, 0.15) is 58.6 Å². The van der Waals surface area contributed by atoms with Gasteiger partial charge in [0.05, 0.1) is 24.7 Å². The van der Waals surface area contributed by atoms with Gasteiger partial charge in [0.15, 0.2) is 11.5 Å². The lowest BCUT2D eigenvalue weighted by Crippen LogP contribution is -2.49. The molecule has 1 aromatic carbocycles. The number of halogens is 3. The summed E-state index contributed by atoms with van der Waals surface area (Å²) in [6, 6.07) is 5.14. The summed E-state index contributed by atoms with van der Waals surface area (Å²) in [5.74, 6) is 0.475. The van der Waals surface area contributed by atoms with Crippen LogP contribution in [0.2, 0.25) is 0 Å². The highest BCUT2D eigenvalue weighted by atomic mass is 19.4. The van der Waals surface area contributed by atoms with Crippen LogP contribution in [0, 0.1) is 19.8 Å². The van der Waals surface area contributed by atoms with Crippen LogP contribution in [-0.2, 0) is 30.9 Å². The molecular weight excluding hydrogens is 641 g/mol. The fourth-order valence-corrected chi connectivity index (χ4v) is 6.21. The summed E-state index contributed by atoms with van der Waals surface area (Å²) in [6.45, 7) is 8.39. The number of Topliss-reactive ketones (excluding diaryl/α,β-unsaturated/α-hetero) is 1. The minimum absolute atomic E-state index is 0.0301. The molecule has 0 aliphatic carbocycles. The zero-order valence-corrected chi connectivity index (χ0v) is 28.0. The van der Waals surface area contributed by atoms with Crippen LogP contribution in [-0.4, -0.2) is 85.5 Å². The Morgan fingerprint density at radius 2 is 1.82 bits per heavy atom. The van der Waals surface area contributed by atoms with Crippen LogP contribution in [0.3, 0.4) is 0 Å². The van der Waals surface area contributed by atoms with Crippen molar-refractivity contribution in [2.75, 3.05) is 44.3 Å². The van der Waals surface area contributed by atoms with Gasteiger partial charge in [-0.05, 0) is 44.0 Å². The lowest BCUT2D eigenvalue weighted by molar-refractivity contribution is -0.141. The van der Waals surface area contributed by atoms with E-state index < -0.39 is 17.8 Å². The van der Waals surface area contributed by atoms with Gasteiger partial charge in [0.25, 0.3) is 0 Å². The predicted octanol–water partition coefficient (Wildman–Crippen LogP) is 5.25. The number of carbonyl (C=O) groups is 2. The summed E-state index contributed by atoms with van der Waals surface area (Å²) in [5.41, 5.74) is 1.15. The number of carbonyl (C=O) groups excluding carboxylic acids is 2. The molecule has 2 aliphatic heterocycles. The number of hydrogen-bond acceptors (Lipinski definition) is 9. The Morgan fingerprint density at radius 1 is 1.06 bits per heavy atom. The molecule has 0 radical (unpaired) electrons. The molecule has 0 saturated carbocycles. The molecule has 0 N–H and O–H groups in total. The van der Waals surface area contributed by atoms with Crippen molar-refractivity contribution in [1.29, 1.82) is 0 Å². The molecule has 0 spiro atoms. The third-order valence-corrected chi connectivity index (χ3v) is 8.77. The molecule has 1 amide bonds. The predicted molar refractivity (Wildman–Crippen MR) is 174 cm³/mol. The van der Waals surface area contributed by atoms with Gasteiger partial charge in [-0.3, -0.25) is 9.48 Å². The number of anilines is 1. The zero-order chi connectivity index (χ0) is 34.9. The minimum atomic E-state index is -4.71. The summed E-state index contributed by atoms with van der Waals surface area (Å²) in [7, 11) is 1.42. The molecular formula is C34H39F3N8O4. The normalized spacial score (nSPS) is 16.5. The first-order valence-corrected chi connectivity index (χ1v) is 16.3. The lowest BCUT2D eigenvalue weighted by atomic mass is 9.87. The summed E-state index contributed by atoms with van der Waals surface area (Å²) < 4.78 is 56.8. The molecule has 0 unspecified atom stereocenters. The number of nitrogens with zero attached hydrogens (tertiary/aromatic N) is 8. The molecule has 1 atom stereocenters. The Kier molecular flexibility index (Phi) is 9.61. The fraction of sp³-hybridized carbons (Fsp3) is 0.471. The average Bonchev–Trinajstić information content (AvgIpc) is 3.66. The highest BCUT2D eigenvalue weighted by Gasteiger charge is 2.40. The molecule has 260 valence electrons. The van der Waals surface area contributed by atoms with Crippen molar-refractivity contribution in [1.82, 2.24) is 34.2 Å². The van der Waals surface area contributed by atoms with Gasteiger partial charge < -0.3 is 23.8 Å². The van der Waals surface area contributed by atoms with Crippen molar-refractivity contribution in [2.24, 2.45) is 13.0 Å². The van der Waals surface area contributed by atoms with E-state index in [4.69, 9.17) is 14.5 Å². The van der Waals surface area contributed by atoms with Crippen molar-refractivity contribution in [2.45, 2.75) is 52.8 Å². The van der Waals surface area contributed by atoms with Gasteiger partial charge in [-0.2, -0.15) is 18.3 Å². The number of amides is 1. The molecule has 0 bridgehead atoms. The first-order valence-electron chi connectivity index (χ1n) is 16.3. The largest absolute Gasteiger partial charge is 0.491 e. The van der Waals surface area contributed by atoms with Crippen molar-refractivity contribution in [3.63, 3.8) is 0 Å². The Labute approximate surface area is 281 Å². The number of aromatic nitrogens is 6. The lowest BCUT2D eigenvalue weighted by Gasteiger charge is -2.34. The number of hydrogen-bond donors (Lipinski definition) is 0. The number of rotatable bonds is 9. The molecule has 15 heteroatoms. The second kappa shape index (κ2) is 13.9. The van der Waals surface area contributed by atoms with E-state index >= 15 is 0 Å². The quantitative estimate of drug-likeness (QED) is 0.218. The van der Waals surface area contributed by atoms with Gasteiger partial charge in [-0.25, -0.2) is 19.7 Å². The average molecular weight is 681 g/mol. The van der Waals surface area contributed by atoms with Crippen LogP contribution in [0.5, 0.6) is 5.75 Å². The molecule has 5 heterocycles. The maximum Gasteiger partial charge on any atom is 0.435 e. The van der Waals surface area contributed by atoms with Gasteiger partial charge >= 0.3 is 12.3 Å². The van der Waals surface area contributed by atoms with Crippen LogP contribution in [0.15, 0.2) is 36.8 Å². The fourth-order valence-electron chi connectivity index (χ4n) is 6.21. The third kappa shape index (κ3) is 7.39. The molecule has 49 heavy (non-hydrogen) atoms. The Hall–Kier alpha value is -4.95. The van der Waals surface area contributed by atoms with Gasteiger partial charge in [-0.1, -0.05) is 13.3 Å². The zero-order valence-electron chi connectivity index (χ0n) is 28.0. The van der Waals surface area contributed by atoms with Gasteiger partial charge in [0.1, 0.15) is 11.6 Å². The van der Waals surface area contributed by atoms with Gasteiger partial charge in [0, 0.05) is 87.3 Å². The smallest absolute Gasteiger partial charge is 0.435 e. The van der Waals surface area contributed by atoms with E-state index in [0.29, 0.717) is 56.5 Å². The number of ether oxygens (including phenoxy) is 2. The van der Waals surface area contributed by atoms with E-state index in [2.05, 4.69) is 15.1 Å². The summed E-state index contributed by atoms with van der Waals surface area (Å²) >= 11 is 0. The summed E-state index contributed by atoms with van der Waals surface area (Å²) in [4.78, 5) is 43.9. The number of fused-ring (bicyclic) bond motifs is 1. The SMILES string of the molecule is CCCCOC(=O)N1CCN(c2nc(C)cc(C[C@@H]3COc4c(cc(Cn5ccnc5C)cc4-c4cn(C)nc4C(F)(F)F)C3=O)n2)CC1. The van der Waals surface area contributed by atoms with E-state index in [-0.39, 0.29) is 47.3 Å². The monoisotopic (exact) mass is 680 g/mol. The number of benzene rings is 1. The number of aryl methyl sites for hydroxylation is 3. The van der Waals surface area contributed by atoms with E-state index in [1.54, 1.807) is 29.4 Å². The minimum Gasteiger partial charge on any atom is -0.491 e. The summed E-state index contributed by atoms with van der Waals surface area (Å²) in [5, 5.41) is 3.69. The second-order valence-corrected chi connectivity index (χ2v) is 12.5. The van der Waals surface area contributed by atoms with Crippen molar-refractivity contribution in [3.8, 4) is 16.9 Å². The number of piperazine rings is 1. The number of alkyl halides is 3. The van der Waals surface area contributed by atoms with Crippen molar-refractivity contribution < 1.29 is 32.2 Å². The van der Waals surface area contributed by atoms with E-state index in [0.717, 1.165) is 29.0 Å². The molecule has 3 aromatic heterocycles. The van der Waals surface area contributed by atoms with Crippen molar-refractivity contribution in [3.05, 3.63) is 70.8 Å². The topological polar surface area (TPSA) is 121 Å². The molecule has 4 aromatic rings. The standard InChI is InChI=1S/C34H39F3N8O4/c1-5-6-13-48-33(47)44-11-9-43(10-12-44)32-39-21(2)14-25(40-32)17-24-20-49-30-26(28-19-42(4)41-31(28)34(35,36)37)15-23(16-27(30)29(24)46)18-45-8-7-38-22(45)3/h7-8,14-16,19,24H,5-6,9-13,17-18,20H2,1-4H3/t24-/m1/s1. The van der Waals surface area contributed by atoms with E-state index in [1.165, 1.54) is 13.2 Å². The first-order chi connectivity index (χ1) is 23.4. The summed E-state index contributed by atoms with van der Waals surface area (Å²) in [6.07, 6.45) is 1.69. The second-order valence-electron chi connectivity index (χ2n) is 12.5. The number of unbranched alkanes of at least 4 members (excludes halogenated alkanes) is 1. The molecule has 1 fully saturated rings. The molecule has 2 aliphatic rings. The van der Waals surface area contributed by atoms with Crippen molar-refractivity contribution >= 4 is 17.8 Å². The van der Waals surface area contributed by atoms with Crippen LogP contribution in [0.4, 0.5) is 23.9 Å². The molecule has 1 saturated heterocycles. The van der Waals surface area contributed by atoms with E-state index in [9.17, 15) is 22.8 Å². The van der Waals surface area contributed by atoms with Crippen LogP contribution in [0.25, 0.3) is 11.1 Å².